The summed E-state index contributed by atoms with van der Waals surface area (Å²) in [6, 6.07) is 8.57. The van der Waals surface area contributed by atoms with Crippen LogP contribution in [0.4, 0.5) is 0 Å². The Kier molecular flexibility index (Phi) is 5.47. The van der Waals surface area contributed by atoms with Gasteiger partial charge in [-0.05, 0) is 68.8 Å². The van der Waals surface area contributed by atoms with Crippen LogP contribution in [0.2, 0.25) is 0 Å². The van der Waals surface area contributed by atoms with Crippen molar-refractivity contribution < 1.29 is 4.74 Å². The minimum atomic E-state index is 0.0936. The lowest BCUT2D eigenvalue weighted by Crippen LogP contribution is -2.45. The lowest BCUT2D eigenvalue weighted by atomic mass is 9.77. The maximum atomic E-state index is 6.35. The van der Waals surface area contributed by atoms with E-state index in [1.807, 2.05) is 0 Å². The number of hydrogen-bond acceptors (Lipinski definition) is 2. The third-order valence-electron chi connectivity index (χ3n) is 4.22. The highest BCUT2D eigenvalue weighted by molar-refractivity contribution is 5.29. The molecule has 112 valence electrons. The van der Waals surface area contributed by atoms with Gasteiger partial charge in [0.05, 0.1) is 0 Å². The number of rotatable bonds is 8. The van der Waals surface area contributed by atoms with E-state index < -0.39 is 0 Å². The monoisotopic (exact) mass is 275 g/mol. The first-order chi connectivity index (χ1) is 9.63. The van der Waals surface area contributed by atoms with Gasteiger partial charge in [0.25, 0.3) is 0 Å². The lowest BCUT2D eigenvalue weighted by Gasteiger charge is -2.42. The Morgan fingerprint density at radius 3 is 2.70 bits per heavy atom. The Morgan fingerprint density at radius 1 is 1.30 bits per heavy atom. The summed E-state index contributed by atoms with van der Waals surface area (Å²) >= 11 is 0. The highest BCUT2D eigenvalue weighted by Gasteiger charge is 2.38. The fraction of sp³-hybridized carbons (Fsp3) is 0.667. The molecule has 0 unspecified atom stereocenters. The minimum absolute atomic E-state index is 0.0936. The SMILES string of the molecule is CCc1cccc(OC2(CCNCC(C)C)CCC2)c1. The van der Waals surface area contributed by atoms with Crippen LogP contribution in [0.15, 0.2) is 24.3 Å². The minimum Gasteiger partial charge on any atom is -0.487 e. The Labute approximate surface area is 123 Å². The molecule has 0 amide bonds. The third kappa shape index (κ3) is 4.24. The maximum Gasteiger partial charge on any atom is 0.120 e. The van der Waals surface area contributed by atoms with E-state index in [1.165, 1.54) is 24.8 Å². The zero-order valence-corrected chi connectivity index (χ0v) is 13.2. The first-order valence-corrected chi connectivity index (χ1v) is 8.12. The first kappa shape index (κ1) is 15.4. The molecule has 1 aromatic rings. The standard InChI is InChI=1S/C18H29NO/c1-4-16-7-5-8-17(13-16)20-18(9-6-10-18)11-12-19-14-15(2)3/h5,7-8,13,15,19H,4,6,9-12,14H2,1-3H3. The highest BCUT2D eigenvalue weighted by atomic mass is 16.5. The molecular formula is C18H29NO. The van der Waals surface area contributed by atoms with Gasteiger partial charge in [0.15, 0.2) is 0 Å². The van der Waals surface area contributed by atoms with Gasteiger partial charge >= 0.3 is 0 Å². The van der Waals surface area contributed by atoms with Crippen LogP contribution >= 0.6 is 0 Å². The van der Waals surface area contributed by atoms with Crippen LogP contribution in [-0.2, 0) is 6.42 Å². The van der Waals surface area contributed by atoms with Crippen molar-refractivity contribution in [2.24, 2.45) is 5.92 Å². The summed E-state index contributed by atoms with van der Waals surface area (Å²) < 4.78 is 6.35. The number of nitrogens with one attached hydrogen (secondary N) is 1. The van der Waals surface area contributed by atoms with E-state index in [2.05, 4.69) is 50.4 Å². The Bertz CT molecular complexity index is 410. The predicted molar refractivity (Wildman–Crippen MR) is 85.4 cm³/mol. The van der Waals surface area contributed by atoms with E-state index in [1.54, 1.807) is 0 Å². The summed E-state index contributed by atoms with van der Waals surface area (Å²) in [6.45, 7) is 8.85. The van der Waals surface area contributed by atoms with Crippen LogP contribution in [-0.4, -0.2) is 18.7 Å². The molecule has 20 heavy (non-hydrogen) atoms. The van der Waals surface area contributed by atoms with Crippen molar-refractivity contribution in [3.8, 4) is 5.75 Å². The van der Waals surface area contributed by atoms with E-state index in [4.69, 9.17) is 4.74 Å². The normalized spacial score (nSPS) is 17.0. The summed E-state index contributed by atoms with van der Waals surface area (Å²) in [7, 11) is 0. The van der Waals surface area contributed by atoms with Gasteiger partial charge in [0.1, 0.15) is 11.4 Å². The van der Waals surface area contributed by atoms with E-state index in [0.717, 1.165) is 37.6 Å². The molecular weight excluding hydrogens is 246 g/mol. The average molecular weight is 275 g/mol. The van der Waals surface area contributed by atoms with Crippen molar-refractivity contribution in [2.45, 2.75) is 58.5 Å². The fourth-order valence-corrected chi connectivity index (χ4v) is 2.76. The molecule has 0 aromatic heterocycles. The van der Waals surface area contributed by atoms with Crippen molar-refractivity contribution in [1.29, 1.82) is 0 Å². The zero-order valence-electron chi connectivity index (χ0n) is 13.2. The maximum absolute atomic E-state index is 6.35. The largest absolute Gasteiger partial charge is 0.487 e. The Morgan fingerprint density at radius 2 is 2.10 bits per heavy atom. The molecule has 0 spiro atoms. The molecule has 0 atom stereocenters. The molecule has 0 heterocycles. The Hall–Kier alpha value is -1.02. The second-order valence-electron chi connectivity index (χ2n) is 6.49. The van der Waals surface area contributed by atoms with Crippen LogP contribution in [0.25, 0.3) is 0 Å². The molecule has 1 N–H and O–H groups in total. The zero-order chi connectivity index (χ0) is 14.4. The average Bonchev–Trinajstić information content (AvgIpc) is 2.40. The topological polar surface area (TPSA) is 21.3 Å². The first-order valence-electron chi connectivity index (χ1n) is 8.12. The number of benzene rings is 1. The van der Waals surface area contributed by atoms with Crippen LogP contribution in [0.5, 0.6) is 5.75 Å². The van der Waals surface area contributed by atoms with E-state index in [9.17, 15) is 0 Å². The summed E-state index contributed by atoms with van der Waals surface area (Å²) in [6.07, 6.45) is 5.90. The lowest BCUT2D eigenvalue weighted by molar-refractivity contribution is -0.0143. The third-order valence-corrected chi connectivity index (χ3v) is 4.22. The molecule has 0 bridgehead atoms. The molecule has 2 rings (SSSR count). The number of ether oxygens (including phenoxy) is 1. The van der Waals surface area contributed by atoms with E-state index >= 15 is 0 Å². The van der Waals surface area contributed by atoms with Gasteiger partial charge in [-0.3, -0.25) is 0 Å². The van der Waals surface area contributed by atoms with Gasteiger partial charge in [-0.25, -0.2) is 0 Å². The van der Waals surface area contributed by atoms with Crippen LogP contribution in [0.1, 0.15) is 52.0 Å². The van der Waals surface area contributed by atoms with Crippen molar-refractivity contribution in [3.05, 3.63) is 29.8 Å². The van der Waals surface area contributed by atoms with Crippen LogP contribution in [0.3, 0.4) is 0 Å². The van der Waals surface area contributed by atoms with Crippen LogP contribution < -0.4 is 10.1 Å². The smallest absolute Gasteiger partial charge is 0.120 e. The summed E-state index contributed by atoms with van der Waals surface area (Å²) in [5.41, 5.74) is 1.45. The van der Waals surface area contributed by atoms with Crippen LogP contribution in [0, 0.1) is 5.92 Å². The number of hydrogen-bond donors (Lipinski definition) is 1. The molecule has 1 aliphatic carbocycles. The van der Waals surface area contributed by atoms with Crippen molar-refractivity contribution in [1.82, 2.24) is 5.32 Å². The van der Waals surface area contributed by atoms with E-state index in [-0.39, 0.29) is 5.60 Å². The van der Waals surface area contributed by atoms with Gasteiger partial charge in [0, 0.05) is 0 Å². The van der Waals surface area contributed by atoms with E-state index in [0.29, 0.717) is 0 Å². The molecule has 0 saturated heterocycles. The van der Waals surface area contributed by atoms with Gasteiger partial charge in [-0.15, -0.1) is 0 Å². The fourth-order valence-electron chi connectivity index (χ4n) is 2.76. The molecule has 0 aliphatic heterocycles. The van der Waals surface area contributed by atoms with Crippen molar-refractivity contribution in [3.63, 3.8) is 0 Å². The highest BCUT2D eigenvalue weighted by Crippen LogP contribution is 2.39. The summed E-state index contributed by atoms with van der Waals surface area (Å²) in [5.74, 6) is 1.77. The summed E-state index contributed by atoms with van der Waals surface area (Å²) in [4.78, 5) is 0. The predicted octanol–water partition coefficient (Wildman–Crippen LogP) is 4.19. The second kappa shape index (κ2) is 7.12. The molecule has 0 radical (unpaired) electrons. The summed E-state index contributed by atoms with van der Waals surface area (Å²) in [5, 5.41) is 3.54. The molecule has 2 nitrogen and oxygen atoms in total. The van der Waals surface area contributed by atoms with Gasteiger partial charge in [-0.2, -0.15) is 0 Å². The number of aryl methyl sites for hydroxylation is 1. The molecule has 1 aliphatic rings. The van der Waals surface area contributed by atoms with Crippen molar-refractivity contribution >= 4 is 0 Å². The molecule has 1 aromatic carbocycles. The van der Waals surface area contributed by atoms with Gasteiger partial charge in [-0.1, -0.05) is 32.9 Å². The second-order valence-corrected chi connectivity index (χ2v) is 6.49. The molecule has 1 saturated carbocycles. The Balaban J connectivity index is 1.87. The molecule has 2 heteroatoms. The van der Waals surface area contributed by atoms with Gasteiger partial charge < -0.3 is 10.1 Å². The molecule has 1 fully saturated rings. The quantitative estimate of drug-likeness (QED) is 0.718. The van der Waals surface area contributed by atoms with Gasteiger partial charge in [0.2, 0.25) is 0 Å². The van der Waals surface area contributed by atoms with Crippen molar-refractivity contribution in [2.75, 3.05) is 13.1 Å².